The molecule has 8 nitrogen and oxygen atoms in total. The summed E-state index contributed by atoms with van der Waals surface area (Å²) >= 11 is 0. The Morgan fingerprint density at radius 3 is 2.81 bits per heavy atom. The maximum atomic E-state index is 11.7. The maximum Gasteiger partial charge on any atom is 0.244 e. The summed E-state index contributed by atoms with van der Waals surface area (Å²) in [5.41, 5.74) is 5.26. The van der Waals surface area contributed by atoms with Gasteiger partial charge in [-0.15, -0.1) is 0 Å². The zero-order chi connectivity index (χ0) is 12.3. The number of rotatable bonds is 4. The Balaban J connectivity index is 2.89. The minimum absolute atomic E-state index is 0.0209. The summed E-state index contributed by atoms with van der Waals surface area (Å²) in [6.45, 7) is 1.46. The molecule has 0 aliphatic carbocycles. The van der Waals surface area contributed by atoms with E-state index in [4.69, 9.17) is 10.9 Å². The molecule has 0 amide bonds. The third kappa shape index (κ3) is 2.70. The van der Waals surface area contributed by atoms with Gasteiger partial charge in [-0.3, -0.25) is 4.68 Å². The van der Waals surface area contributed by atoms with Gasteiger partial charge in [0.05, 0.1) is 12.2 Å². The summed E-state index contributed by atoms with van der Waals surface area (Å²) in [5, 5.41) is 14.8. The number of hydrogen-bond donors (Lipinski definition) is 3. The van der Waals surface area contributed by atoms with Gasteiger partial charge >= 0.3 is 0 Å². The average molecular weight is 247 g/mol. The molecule has 1 atom stereocenters. The molecular weight excluding hydrogens is 234 g/mol. The zero-order valence-electron chi connectivity index (χ0n) is 8.82. The van der Waals surface area contributed by atoms with Gasteiger partial charge in [0, 0.05) is 13.2 Å². The van der Waals surface area contributed by atoms with Crippen LogP contribution >= 0.6 is 0 Å². The summed E-state index contributed by atoms with van der Waals surface area (Å²) < 4.78 is 27.0. The van der Waals surface area contributed by atoms with Crippen LogP contribution in [-0.2, 0) is 17.1 Å². The minimum atomic E-state index is -3.70. The van der Waals surface area contributed by atoms with Crippen molar-refractivity contribution in [1.29, 1.82) is 0 Å². The summed E-state index contributed by atoms with van der Waals surface area (Å²) in [4.78, 5) is 0.0209. The lowest BCUT2D eigenvalue weighted by Gasteiger charge is -2.11. The van der Waals surface area contributed by atoms with Crippen LogP contribution in [0.25, 0.3) is 0 Å². The summed E-state index contributed by atoms with van der Waals surface area (Å²) in [7, 11) is -2.10. The van der Waals surface area contributed by atoms with E-state index in [9.17, 15) is 8.42 Å². The summed E-state index contributed by atoms with van der Waals surface area (Å²) in [6.07, 6.45) is 2.56. The lowest BCUT2D eigenvalue weighted by atomic mass is 10.3. The molecule has 1 rings (SSSR count). The van der Waals surface area contributed by atoms with Crippen molar-refractivity contribution in [3.63, 3.8) is 0 Å². The molecule has 0 saturated carbocycles. The molecule has 4 N–H and O–H groups in total. The van der Waals surface area contributed by atoms with Gasteiger partial charge in [-0.1, -0.05) is 5.16 Å². The highest BCUT2D eigenvalue weighted by Gasteiger charge is 2.20. The topological polar surface area (TPSA) is 123 Å². The second-order valence-electron chi connectivity index (χ2n) is 3.22. The van der Waals surface area contributed by atoms with Crippen LogP contribution in [0.2, 0.25) is 0 Å². The lowest BCUT2D eigenvalue weighted by molar-refractivity contribution is 0.316. The molecule has 1 aromatic rings. The number of oxime groups is 1. The molecular formula is C7H13N5O3S. The van der Waals surface area contributed by atoms with E-state index in [1.807, 2.05) is 0 Å². The molecule has 0 radical (unpaired) electrons. The highest BCUT2D eigenvalue weighted by molar-refractivity contribution is 7.89. The predicted octanol–water partition coefficient (Wildman–Crippen LogP) is -1.17. The Hall–Kier alpha value is -1.61. The van der Waals surface area contributed by atoms with Crippen molar-refractivity contribution in [2.75, 3.05) is 0 Å². The smallest absolute Gasteiger partial charge is 0.244 e. The van der Waals surface area contributed by atoms with Crippen molar-refractivity contribution in [3.8, 4) is 0 Å². The van der Waals surface area contributed by atoms with Crippen molar-refractivity contribution in [2.45, 2.75) is 17.9 Å². The number of aryl methyl sites for hydroxylation is 1. The zero-order valence-corrected chi connectivity index (χ0v) is 9.64. The van der Waals surface area contributed by atoms with Gasteiger partial charge in [0.15, 0.2) is 5.84 Å². The minimum Gasteiger partial charge on any atom is -0.409 e. The fourth-order valence-electron chi connectivity index (χ4n) is 0.985. The van der Waals surface area contributed by atoms with Gasteiger partial charge < -0.3 is 10.9 Å². The molecule has 1 unspecified atom stereocenters. The highest BCUT2D eigenvalue weighted by Crippen LogP contribution is 2.06. The second kappa shape index (κ2) is 4.49. The Bertz CT molecular complexity index is 492. The van der Waals surface area contributed by atoms with Gasteiger partial charge in [0.2, 0.25) is 10.0 Å². The third-order valence-electron chi connectivity index (χ3n) is 1.88. The van der Waals surface area contributed by atoms with E-state index in [1.54, 1.807) is 7.05 Å². The first-order chi connectivity index (χ1) is 7.36. The molecule has 0 saturated heterocycles. The predicted molar refractivity (Wildman–Crippen MR) is 56.4 cm³/mol. The van der Waals surface area contributed by atoms with E-state index in [1.165, 1.54) is 24.0 Å². The summed E-state index contributed by atoms with van der Waals surface area (Å²) in [5.74, 6) is -0.215. The van der Waals surface area contributed by atoms with Crippen molar-refractivity contribution in [1.82, 2.24) is 14.5 Å². The van der Waals surface area contributed by atoms with E-state index in [0.717, 1.165) is 0 Å². The number of nitrogens with two attached hydrogens (primary N) is 1. The van der Waals surface area contributed by atoms with Crippen LogP contribution in [0.4, 0.5) is 0 Å². The standard InChI is InChI=1S/C7H13N5O3S/c1-5(7(8)10-13)11-16(14,15)6-3-9-12(2)4-6/h3-5,11,13H,1-2H3,(H2,8,10). The summed E-state index contributed by atoms with van der Waals surface area (Å²) in [6, 6.07) is -0.796. The maximum absolute atomic E-state index is 11.7. The molecule has 16 heavy (non-hydrogen) atoms. The van der Waals surface area contributed by atoms with E-state index in [0.29, 0.717) is 0 Å². The Morgan fingerprint density at radius 2 is 2.38 bits per heavy atom. The fourth-order valence-corrected chi connectivity index (χ4v) is 2.18. The highest BCUT2D eigenvalue weighted by atomic mass is 32.2. The molecule has 1 aromatic heterocycles. The van der Waals surface area contributed by atoms with Crippen molar-refractivity contribution >= 4 is 15.9 Å². The van der Waals surface area contributed by atoms with Crippen LogP contribution < -0.4 is 10.5 Å². The third-order valence-corrected chi connectivity index (χ3v) is 3.38. The largest absolute Gasteiger partial charge is 0.409 e. The molecule has 0 aromatic carbocycles. The van der Waals surface area contributed by atoms with Crippen molar-refractivity contribution < 1.29 is 13.6 Å². The first-order valence-corrected chi connectivity index (χ1v) is 5.83. The van der Waals surface area contributed by atoms with E-state index in [2.05, 4.69) is 15.0 Å². The second-order valence-corrected chi connectivity index (χ2v) is 4.93. The number of aromatic nitrogens is 2. The normalized spacial score (nSPS) is 15.0. The number of nitrogens with zero attached hydrogens (tertiary/aromatic N) is 3. The monoisotopic (exact) mass is 247 g/mol. The SMILES string of the molecule is CC(NS(=O)(=O)c1cnn(C)c1)C(N)=NO. The Labute approximate surface area is 92.8 Å². The van der Waals surface area contributed by atoms with E-state index in [-0.39, 0.29) is 10.7 Å². The Kier molecular flexibility index (Phi) is 3.50. The first-order valence-electron chi connectivity index (χ1n) is 4.35. The number of hydrogen-bond acceptors (Lipinski definition) is 5. The molecule has 0 spiro atoms. The fraction of sp³-hybridized carbons (Fsp3) is 0.429. The Morgan fingerprint density at radius 1 is 1.75 bits per heavy atom. The molecule has 0 aliphatic heterocycles. The lowest BCUT2D eigenvalue weighted by Crippen LogP contribution is -2.42. The van der Waals surface area contributed by atoms with Crippen molar-refractivity contribution in [3.05, 3.63) is 12.4 Å². The molecule has 0 aliphatic rings. The van der Waals surface area contributed by atoms with Gasteiger partial charge in [0.1, 0.15) is 4.90 Å². The van der Waals surface area contributed by atoms with Gasteiger partial charge in [-0.25, -0.2) is 13.1 Å². The quantitative estimate of drug-likeness (QED) is 0.268. The van der Waals surface area contributed by atoms with Crippen LogP contribution in [0.15, 0.2) is 22.4 Å². The van der Waals surface area contributed by atoms with Crippen LogP contribution in [0.5, 0.6) is 0 Å². The van der Waals surface area contributed by atoms with Gasteiger partial charge in [-0.2, -0.15) is 5.10 Å². The van der Waals surface area contributed by atoms with Crippen LogP contribution in [0, 0.1) is 0 Å². The molecule has 90 valence electrons. The first kappa shape index (κ1) is 12.5. The van der Waals surface area contributed by atoms with Crippen molar-refractivity contribution in [2.24, 2.45) is 17.9 Å². The van der Waals surface area contributed by atoms with Crippen LogP contribution in [0.1, 0.15) is 6.92 Å². The van der Waals surface area contributed by atoms with Crippen LogP contribution in [0.3, 0.4) is 0 Å². The van der Waals surface area contributed by atoms with E-state index >= 15 is 0 Å². The molecule has 1 heterocycles. The average Bonchev–Trinajstić information content (AvgIpc) is 2.63. The number of sulfonamides is 1. The van der Waals surface area contributed by atoms with E-state index < -0.39 is 16.1 Å². The molecule has 0 bridgehead atoms. The van der Waals surface area contributed by atoms with Gasteiger partial charge in [-0.05, 0) is 6.92 Å². The molecule has 0 fully saturated rings. The van der Waals surface area contributed by atoms with Crippen LogP contribution in [-0.4, -0.2) is 35.3 Å². The molecule has 9 heteroatoms. The van der Waals surface area contributed by atoms with Gasteiger partial charge in [0.25, 0.3) is 0 Å². The number of nitrogens with one attached hydrogen (secondary N) is 1. The number of amidine groups is 1.